The van der Waals surface area contributed by atoms with Gasteiger partial charge in [0.05, 0.1) is 4.92 Å². The van der Waals surface area contributed by atoms with Gasteiger partial charge in [-0.25, -0.2) is 0 Å². The van der Waals surface area contributed by atoms with E-state index in [4.69, 9.17) is 11.6 Å². The molecule has 1 heterocycles. The first-order valence-electron chi connectivity index (χ1n) is 5.95. The zero-order chi connectivity index (χ0) is 13.1. The van der Waals surface area contributed by atoms with E-state index in [1.165, 1.54) is 6.07 Å². The maximum absolute atomic E-state index is 10.7. The summed E-state index contributed by atoms with van der Waals surface area (Å²) in [4.78, 5) is 12.5. The predicted octanol–water partition coefficient (Wildman–Crippen LogP) is 2.75. The average molecular weight is 270 g/mol. The Labute approximate surface area is 111 Å². The smallest absolute Gasteiger partial charge is 0.288 e. The molecular weight excluding hydrogens is 254 g/mol. The Kier molecular flexibility index (Phi) is 4.04. The van der Waals surface area contributed by atoms with Crippen LogP contribution in [0, 0.1) is 10.1 Å². The molecule has 0 saturated carbocycles. The molecule has 98 valence electrons. The van der Waals surface area contributed by atoms with Crippen molar-refractivity contribution in [1.29, 1.82) is 0 Å². The monoisotopic (exact) mass is 269 g/mol. The number of hydrogen-bond donors (Lipinski definition) is 1. The Bertz CT molecular complexity index is 453. The van der Waals surface area contributed by atoms with E-state index in [9.17, 15) is 10.1 Å². The molecule has 1 N–H and O–H groups in total. The minimum Gasteiger partial charge on any atom is -0.381 e. The molecule has 1 saturated heterocycles. The van der Waals surface area contributed by atoms with Crippen molar-refractivity contribution in [3.05, 3.63) is 33.3 Å². The van der Waals surface area contributed by atoms with E-state index in [-0.39, 0.29) is 10.7 Å². The van der Waals surface area contributed by atoms with Crippen molar-refractivity contribution >= 4 is 23.0 Å². The minimum atomic E-state index is -0.472. The van der Waals surface area contributed by atoms with Gasteiger partial charge in [0, 0.05) is 24.3 Å². The summed E-state index contributed by atoms with van der Waals surface area (Å²) in [7, 11) is 2.09. The Hall–Kier alpha value is -1.33. The highest BCUT2D eigenvalue weighted by Gasteiger charge is 2.18. The van der Waals surface area contributed by atoms with Crippen LogP contribution in [0.3, 0.4) is 0 Å². The summed E-state index contributed by atoms with van der Waals surface area (Å²) in [6.45, 7) is 2.10. The van der Waals surface area contributed by atoms with Crippen LogP contribution in [0.15, 0.2) is 18.2 Å². The van der Waals surface area contributed by atoms with Crippen LogP contribution >= 0.6 is 11.6 Å². The fourth-order valence-corrected chi connectivity index (χ4v) is 2.51. The van der Waals surface area contributed by atoms with E-state index in [2.05, 4.69) is 17.3 Å². The molecule has 5 nitrogen and oxygen atoms in total. The van der Waals surface area contributed by atoms with E-state index in [1.807, 2.05) is 0 Å². The third-order valence-corrected chi connectivity index (χ3v) is 3.44. The van der Waals surface area contributed by atoms with Crippen molar-refractivity contribution in [3.63, 3.8) is 0 Å². The summed E-state index contributed by atoms with van der Waals surface area (Å²) in [6, 6.07) is 5.14. The maximum Gasteiger partial charge on any atom is 0.288 e. The second-order valence-electron chi connectivity index (χ2n) is 4.67. The maximum atomic E-state index is 10.7. The molecule has 0 amide bonds. The van der Waals surface area contributed by atoms with Gasteiger partial charge < -0.3 is 10.2 Å². The third kappa shape index (κ3) is 3.11. The van der Waals surface area contributed by atoms with E-state index in [0.29, 0.717) is 6.04 Å². The van der Waals surface area contributed by atoms with Crippen LogP contribution in [-0.4, -0.2) is 36.0 Å². The normalized spacial score (nSPS) is 20.7. The van der Waals surface area contributed by atoms with Gasteiger partial charge in [-0.15, -0.1) is 0 Å². The lowest BCUT2D eigenvalue weighted by Gasteiger charge is -2.30. The molecular formula is C12H16ClN3O2. The quantitative estimate of drug-likeness (QED) is 0.677. The zero-order valence-corrected chi connectivity index (χ0v) is 11.0. The molecule has 1 aromatic carbocycles. The standard InChI is InChI=1S/C12H16ClN3O2/c1-15-6-2-3-10(8-15)14-9-4-5-12(16(17)18)11(13)7-9/h4-5,7,10,14H,2-3,6,8H2,1H3. The zero-order valence-electron chi connectivity index (χ0n) is 10.2. The molecule has 0 aliphatic carbocycles. The van der Waals surface area contributed by atoms with Gasteiger partial charge in [-0.3, -0.25) is 10.1 Å². The number of rotatable bonds is 3. The van der Waals surface area contributed by atoms with Crippen molar-refractivity contribution < 1.29 is 4.92 Å². The summed E-state index contributed by atoms with van der Waals surface area (Å²) in [5.41, 5.74) is 0.786. The van der Waals surface area contributed by atoms with E-state index in [0.717, 1.165) is 31.6 Å². The highest BCUT2D eigenvalue weighted by molar-refractivity contribution is 6.32. The molecule has 1 unspecified atom stereocenters. The predicted molar refractivity (Wildman–Crippen MR) is 72.2 cm³/mol. The second kappa shape index (κ2) is 5.54. The molecule has 1 aliphatic rings. The largest absolute Gasteiger partial charge is 0.381 e. The Morgan fingerprint density at radius 1 is 1.56 bits per heavy atom. The number of anilines is 1. The van der Waals surface area contributed by atoms with Crippen molar-refractivity contribution in [2.75, 3.05) is 25.5 Å². The summed E-state index contributed by atoms with van der Waals surface area (Å²) in [5, 5.41) is 14.2. The van der Waals surface area contributed by atoms with Crippen LogP contribution in [0.2, 0.25) is 5.02 Å². The molecule has 0 spiro atoms. The van der Waals surface area contributed by atoms with Crippen molar-refractivity contribution in [2.24, 2.45) is 0 Å². The lowest BCUT2D eigenvalue weighted by atomic mass is 10.1. The number of nitrogens with zero attached hydrogens (tertiary/aromatic N) is 2. The topological polar surface area (TPSA) is 58.4 Å². The van der Waals surface area contributed by atoms with E-state index in [1.54, 1.807) is 12.1 Å². The SMILES string of the molecule is CN1CCCC(Nc2ccc([N+](=O)[O-])c(Cl)c2)C1. The molecule has 0 bridgehead atoms. The highest BCUT2D eigenvalue weighted by atomic mass is 35.5. The van der Waals surface area contributed by atoms with Gasteiger partial charge >= 0.3 is 0 Å². The fraction of sp³-hybridized carbons (Fsp3) is 0.500. The summed E-state index contributed by atoms with van der Waals surface area (Å²) < 4.78 is 0. The van der Waals surface area contributed by atoms with Crippen LogP contribution in [0.5, 0.6) is 0 Å². The fourth-order valence-electron chi connectivity index (χ4n) is 2.26. The van der Waals surface area contributed by atoms with E-state index < -0.39 is 4.92 Å². The molecule has 0 aromatic heterocycles. The van der Waals surface area contributed by atoms with Crippen LogP contribution in [0.1, 0.15) is 12.8 Å². The van der Waals surface area contributed by atoms with Crippen molar-refractivity contribution in [1.82, 2.24) is 4.90 Å². The molecule has 1 aromatic rings. The summed E-state index contributed by atoms with van der Waals surface area (Å²) in [6.07, 6.45) is 2.27. The number of nitro benzene ring substituents is 1. The van der Waals surface area contributed by atoms with Gasteiger partial charge in [0.25, 0.3) is 5.69 Å². The number of halogens is 1. The lowest BCUT2D eigenvalue weighted by Crippen LogP contribution is -2.39. The number of likely N-dealkylation sites (N-methyl/N-ethyl adjacent to an activating group) is 1. The molecule has 1 fully saturated rings. The third-order valence-electron chi connectivity index (χ3n) is 3.14. The number of hydrogen-bond acceptors (Lipinski definition) is 4. The first-order valence-corrected chi connectivity index (χ1v) is 6.33. The summed E-state index contributed by atoms with van der Waals surface area (Å²) >= 11 is 5.88. The Balaban J connectivity index is 2.05. The Morgan fingerprint density at radius 2 is 2.33 bits per heavy atom. The number of likely N-dealkylation sites (tertiary alicyclic amines) is 1. The number of nitrogens with one attached hydrogen (secondary N) is 1. The first-order chi connectivity index (χ1) is 8.56. The van der Waals surface area contributed by atoms with Crippen LogP contribution in [-0.2, 0) is 0 Å². The molecule has 0 radical (unpaired) electrons. The molecule has 2 rings (SSSR count). The van der Waals surface area contributed by atoms with Gasteiger partial charge in [0.2, 0.25) is 0 Å². The molecule has 1 aliphatic heterocycles. The van der Waals surface area contributed by atoms with Gasteiger partial charge in [-0.1, -0.05) is 11.6 Å². The second-order valence-corrected chi connectivity index (χ2v) is 5.08. The first kappa shape index (κ1) is 13.1. The number of nitro groups is 1. The lowest BCUT2D eigenvalue weighted by molar-refractivity contribution is -0.384. The minimum absolute atomic E-state index is 0.0528. The molecule has 1 atom stereocenters. The van der Waals surface area contributed by atoms with Crippen molar-refractivity contribution in [3.8, 4) is 0 Å². The van der Waals surface area contributed by atoms with Crippen LogP contribution < -0.4 is 5.32 Å². The Morgan fingerprint density at radius 3 is 2.94 bits per heavy atom. The van der Waals surface area contributed by atoms with Gasteiger partial charge in [-0.05, 0) is 38.6 Å². The average Bonchev–Trinajstić information content (AvgIpc) is 2.28. The van der Waals surface area contributed by atoms with Gasteiger partial charge in [-0.2, -0.15) is 0 Å². The number of benzene rings is 1. The van der Waals surface area contributed by atoms with Gasteiger partial charge in [0.15, 0.2) is 0 Å². The highest BCUT2D eigenvalue weighted by Crippen LogP contribution is 2.28. The molecule has 6 heteroatoms. The molecule has 18 heavy (non-hydrogen) atoms. The van der Waals surface area contributed by atoms with E-state index >= 15 is 0 Å². The summed E-state index contributed by atoms with van der Waals surface area (Å²) in [5.74, 6) is 0. The van der Waals surface area contributed by atoms with Crippen LogP contribution in [0.4, 0.5) is 11.4 Å². The van der Waals surface area contributed by atoms with Crippen molar-refractivity contribution in [2.45, 2.75) is 18.9 Å². The van der Waals surface area contributed by atoms with Crippen LogP contribution in [0.25, 0.3) is 0 Å². The number of piperidine rings is 1. The van der Waals surface area contributed by atoms with Gasteiger partial charge in [0.1, 0.15) is 5.02 Å².